The molecule has 108 valence electrons. The average Bonchev–Trinajstić information content (AvgIpc) is 2.45. The Morgan fingerprint density at radius 2 is 1.81 bits per heavy atom. The molecule has 0 aliphatic rings. The summed E-state index contributed by atoms with van der Waals surface area (Å²) in [6.07, 6.45) is 1.17. The van der Waals surface area contributed by atoms with E-state index in [0.29, 0.717) is 11.3 Å². The lowest BCUT2D eigenvalue weighted by atomic mass is 10.1. The van der Waals surface area contributed by atoms with Gasteiger partial charge in [-0.15, -0.1) is 0 Å². The van der Waals surface area contributed by atoms with Gasteiger partial charge in [0.15, 0.2) is 0 Å². The van der Waals surface area contributed by atoms with Crippen LogP contribution in [0, 0.1) is 18.3 Å². The molecule has 2 aromatic rings. The van der Waals surface area contributed by atoms with Gasteiger partial charge in [0.05, 0.1) is 30.1 Å². The second-order valence-electron chi connectivity index (χ2n) is 4.92. The highest BCUT2D eigenvalue weighted by Gasteiger charge is 2.18. The molecule has 0 aliphatic carbocycles. The van der Waals surface area contributed by atoms with Crippen molar-refractivity contribution in [3.63, 3.8) is 0 Å². The molecule has 0 N–H and O–H groups in total. The summed E-state index contributed by atoms with van der Waals surface area (Å²) in [6.45, 7) is 2.22. The standard InChI is InChI=1S/C16H16N2O2S/c1-13-6-8-14(9-7-13)12-18(21(2,19)20)16-5-3-4-15(10-16)11-17/h3-10H,12H2,1-2H3. The Bertz CT molecular complexity index is 775. The van der Waals surface area contributed by atoms with Crippen molar-refractivity contribution in [2.45, 2.75) is 13.5 Å². The minimum Gasteiger partial charge on any atom is -0.266 e. The molecule has 0 saturated carbocycles. The largest absolute Gasteiger partial charge is 0.266 e. The molecule has 0 heterocycles. The average molecular weight is 300 g/mol. The van der Waals surface area contributed by atoms with Crippen molar-refractivity contribution in [1.82, 2.24) is 0 Å². The van der Waals surface area contributed by atoms with E-state index in [1.54, 1.807) is 24.3 Å². The third-order valence-electron chi connectivity index (χ3n) is 3.11. The summed E-state index contributed by atoms with van der Waals surface area (Å²) in [5, 5.41) is 8.95. The Morgan fingerprint density at radius 1 is 1.14 bits per heavy atom. The summed E-state index contributed by atoms with van der Waals surface area (Å²) >= 11 is 0. The van der Waals surface area contributed by atoms with Crippen LogP contribution in [0.2, 0.25) is 0 Å². The first-order valence-electron chi connectivity index (χ1n) is 6.43. The second-order valence-corrected chi connectivity index (χ2v) is 6.82. The van der Waals surface area contributed by atoms with Crippen molar-refractivity contribution < 1.29 is 8.42 Å². The second kappa shape index (κ2) is 5.98. The summed E-state index contributed by atoms with van der Waals surface area (Å²) in [6, 6.07) is 16.3. The van der Waals surface area contributed by atoms with Crippen LogP contribution in [0.4, 0.5) is 5.69 Å². The molecule has 5 heteroatoms. The lowest BCUT2D eigenvalue weighted by molar-refractivity contribution is 0.596. The molecular weight excluding hydrogens is 284 g/mol. The van der Waals surface area contributed by atoms with E-state index >= 15 is 0 Å². The first-order valence-corrected chi connectivity index (χ1v) is 8.28. The Labute approximate surface area is 125 Å². The molecule has 2 aromatic carbocycles. The van der Waals surface area contributed by atoms with Crippen LogP contribution in [-0.4, -0.2) is 14.7 Å². The van der Waals surface area contributed by atoms with Gasteiger partial charge in [0.1, 0.15) is 0 Å². The van der Waals surface area contributed by atoms with Gasteiger partial charge in [-0.05, 0) is 30.7 Å². The maximum atomic E-state index is 12.0. The fourth-order valence-electron chi connectivity index (χ4n) is 1.99. The van der Waals surface area contributed by atoms with Crippen LogP contribution in [0.3, 0.4) is 0 Å². The summed E-state index contributed by atoms with van der Waals surface area (Å²) < 4.78 is 25.4. The van der Waals surface area contributed by atoms with E-state index in [2.05, 4.69) is 0 Å². The van der Waals surface area contributed by atoms with Crippen molar-refractivity contribution >= 4 is 15.7 Å². The zero-order valence-electron chi connectivity index (χ0n) is 11.9. The van der Waals surface area contributed by atoms with E-state index in [0.717, 1.165) is 11.1 Å². The number of anilines is 1. The van der Waals surface area contributed by atoms with Gasteiger partial charge in [0.25, 0.3) is 0 Å². The predicted molar refractivity (Wildman–Crippen MR) is 83.4 cm³/mol. The van der Waals surface area contributed by atoms with E-state index in [4.69, 9.17) is 5.26 Å². The van der Waals surface area contributed by atoms with Crippen LogP contribution in [-0.2, 0) is 16.6 Å². The topological polar surface area (TPSA) is 61.2 Å². The molecule has 0 aromatic heterocycles. The predicted octanol–water partition coefficient (Wildman–Crippen LogP) is 2.83. The van der Waals surface area contributed by atoms with E-state index in [9.17, 15) is 8.42 Å². The third kappa shape index (κ3) is 3.83. The van der Waals surface area contributed by atoms with Crippen molar-refractivity contribution in [2.75, 3.05) is 10.6 Å². The molecule has 0 bridgehead atoms. The van der Waals surface area contributed by atoms with Gasteiger partial charge in [-0.3, -0.25) is 4.31 Å². The van der Waals surface area contributed by atoms with E-state index in [-0.39, 0.29) is 6.54 Å². The molecule has 0 spiro atoms. The van der Waals surface area contributed by atoms with Crippen LogP contribution in [0.1, 0.15) is 16.7 Å². The Kier molecular flexibility index (Phi) is 4.29. The smallest absolute Gasteiger partial charge is 0.232 e. The third-order valence-corrected chi connectivity index (χ3v) is 4.25. The van der Waals surface area contributed by atoms with Crippen molar-refractivity contribution in [3.8, 4) is 6.07 Å². The molecule has 0 radical (unpaired) electrons. The molecular formula is C16H16N2O2S. The molecule has 21 heavy (non-hydrogen) atoms. The molecule has 0 aliphatic heterocycles. The Balaban J connectivity index is 2.40. The number of aryl methyl sites for hydroxylation is 1. The molecule has 0 saturated heterocycles. The van der Waals surface area contributed by atoms with Crippen LogP contribution in [0.5, 0.6) is 0 Å². The van der Waals surface area contributed by atoms with Gasteiger partial charge in [0, 0.05) is 0 Å². The van der Waals surface area contributed by atoms with E-state index < -0.39 is 10.0 Å². The number of benzene rings is 2. The normalized spacial score (nSPS) is 10.9. The first kappa shape index (κ1) is 15.1. The zero-order valence-corrected chi connectivity index (χ0v) is 12.8. The number of rotatable bonds is 4. The Hall–Kier alpha value is -2.32. The molecule has 4 nitrogen and oxygen atoms in total. The molecule has 0 amide bonds. The fourth-order valence-corrected chi connectivity index (χ4v) is 2.87. The maximum Gasteiger partial charge on any atom is 0.232 e. The summed E-state index contributed by atoms with van der Waals surface area (Å²) in [5.74, 6) is 0. The number of nitrogens with zero attached hydrogens (tertiary/aromatic N) is 2. The van der Waals surface area contributed by atoms with Gasteiger partial charge in [-0.2, -0.15) is 5.26 Å². The van der Waals surface area contributed by atoms with Gasteiger partial charge < -0.3 is 0 Å². The van der Waals surface area contributed by atoms with Gasteiger partial charge >= 0.3 is 0 Å². The van der Waals surface area contributed by atoms with E-state index in [1.165, 1.54) is 10.6 Å². The highest BCUT2D eigenvalue weighted by Crippen LogP contribution is 2.21. The van der Waals surface area contributed by atoms with E-state index in [1.807, 2.05) is 37.3 Å². The number of hydrogen-bond donors (Lipinski definition) is 0. The van der Waals surface area contributed by atoms with Gasteiger partial charge in [0.2, 0.25) is 10.0 Å². The van der Waals surface area contributed by atoms with Crippen LogP contribution in [0.15, 0.2) is 48.5 Å². The highest BCUT2D eigenvalue weighted by molar-refractivity contribution is 7.92. The maximum absolute atomic E-state index is 12.0. The number of sulfonamides is 1. The minimum atomic E-state index is -3.43. The highest BCUT2D eigenvalue weighted by atomic mass is 32.2. The Morgan fingerprint density at radius 3 is 2.38 bits per heavy atom. The van der Waals surface area contributed by atoms with Crippen molar-refractivity contribution in [1.29, 1.82) is 5.26 Å². The number of nitriles is 1. The fraction of sp³-hybridized carbons (Fsp3) is 0.188. The zero-order chi connectivity index (χ0) is 15.5. The van der Waals surface area contributed by atoms with Crippen molar-refractivity contribution in [2.24, 2.45) is 0 Å². The summed E-state index contributed by atoms with van der Waals surface area (Å²) in [4.78, 5) is 0. The van der Waals surface area contributed by atoms with Crippen molar-refractivity contribution in [3.05, 3.63) is 65.2 Å². The minimum absolute atomic E-state index is 0.244. The van der Waals surface area contributed by atoms with Crippen LogP contribution in [0.25, 0.3) is 0 Å². The van der Waals surface area contributed by atoms with Gasteiger partial charge in [-0.25, -0.2) is 8.42 Å². The molecule has 2 rings (SSSR count). The summed E-state index contributed by atoms with van der Waals surface area (Å²) in [5.41, 5.74) is 2.95. The lowest BCUT2D eigenvalue weighted by Crippen LogP contribution is -2.29. The van der Waals surface area contributed by atoms with Crippen LogP contribution < -0.4 is 4.31 Å². The number of hydrogen-bond acceptors (Lipinski definition) is 3. The molecule has 0 unspecified atom stereocenters. The summed E-state index contributed by atoms with van der Waals surface area (Å²) in [7, 11) is -3.43. The van der Waals surface area contributed by atoms with Crippen LogP contribution >= 0.6 is 0 Å². The monoisotopic (exact) mass is 300 g/mol. The SMILES string of the molecule is Cc1ccc(CN(c2cccc(C#N)c2)S(C)(=O)=O)cc1. The van der Waals surface area contributed by atoms with Gasteiger partial charge in [-0.1, -0.05) is 35.9 Å². The molecule has 0 fully saturated rings. The first-order chi connectivity index (χ1) is 9.90. The lowest BCUT2D eigenvalue weighted by Gasteiger charge is -2.22. The quantitative estimate of drug-likeness (QED) is 0.872. The molecule has 0 atom stereocenters.